The Morgan fingerprint density at radius 1 is 1.25 bits per heavy atom. The summed E-state index contributed by atoms with van der Waals surface area (Å²) in [4.78, 5) is 0. The third-order valence-corrected chi connectivity index (χ3v) is 4.51. The van der Waals surface area contributed by atoms with Crippen LogP contribution in [0.2, 0.25) is 0 Å². The van der Waals surface area contributed by atoms with Gasteiger partial charge >= 0.3 is 0 Å². The zero-order chi connectivity index (χ0) is 11.0. The fraction of sp³-hybridized carbons (Fsp3) is 0.857. The van der Waals surface area contributed by atoms with E-state index in [0.717, 1.165) is 37.4 Å². The summed E-state index contributed by atoms with van der Waals surface area (Å²) >= 11 is 0. The van der Waals surface area contributed by atoms with Gasteiger partial charge in [0.05, 0.1) is 0 Å². The molecule has 0 spiro atoms. The van der Waals surface area contributed by atoms with Crippen molar-refractivity contribution in [3.05, 3.63) is 11.1 Å². The molecule has 2 aliphatic carbocycles. The molecule has 0 unspecified atom stereocenters. The highest BCUT2D eigenvalue weighted by Gasteiger charge is 2.40. The summed E-state index contributed by atoms with van der Waals surface area (Å²) in [6, 6.07) is 0. The lowest BCUT2D eigenvalue weighted by Gasteiger charge is -2.23. The highest BCUT2D eigenvalue weighted by molar-refractivity contribution is 5.22. The molecule has 0 aromatic rings. The van der Waals surface area contributed by atoms with Crippen LogP contribution in [0.5, 0.6) is 0 Å². The first-order chi connectivity index (χ1) is 7.84. The zero-order valence-corrected chi connectivity index (χ0v) is 10.4. The lowest BCUT2D eigenvalue weighted by Crippen LogP contribution is -2.36. The van der Waals surface area contributed by atoms with Gasteiger partial charge in [-0.2, -0.15) is 0 Å². The van der Waals surface area contributed by atoms with Crippen molar-refractivity contribution in [2.75, 3.05) is 26.2 Å². The van der Waals surface area contributed by atoms with Crippen LogP contribution in [0.1, 0.15) is 32.6 Å². The van der Waals surface area contributed by atoms with Crippen LogP contribution in [0.3, 0.4) is 0 Å². The van der Waals surface area contributed by atoms with Crippen molar-refractivity contribution in [1.82, 2.24) is 10.6 Å². The minimum atomic E-state index is 1.01. The van der Waals surface area contributed by atoms with Gasteiger partial charge in [0.1, 0.15) is 0 Å². The lowest BCUT2D eigenvalue weighted by atomic mass is 9.97. The van der Waals surface area contributed by atoms with E-state index in [4.69, 9.17) is 0 Å². The molecule has 0 bridgehead atoms. The Hall–Kier alpha value is -0.340. The van der Waals surface area contributed by atoms with E-state index < -0.39 is 0 Å². The lowest BCUT2D eigenvalue weighted by molar-refractivity contribution is 0.384. The van der Waals surface area contributed by atoms with Gasteiger partial charge in [-0.25, -0.2) is 0 Å². The average molecular weight is 220 g/mol. The molecule has 3 rings (SSSR count). The van der Waals surface area contributed by atoms with Gasteiger partial charge in [0, 0.05) is 19.6 Å². The molecule has 0 radical (unpaired) electrons. The predicted molar refractivity (Wildman–Crippen MR) is 67.4 cm³/mol. The first-order valence-corrected chi connectivity index (χ1v) is 6.93. The van der Waals surface area contributed by atoms with E-state index in [2.05, 4.69) is 17.6 Å². The maximum Gasteiger partial charge on any atom is 0.0183 e. The van der Waals surface area contributed by atoms with Crippen LogP contribution >= 0.6 is 0 Å². The molecule has 90 valence electrons. The van der Waals surface area contributed by atoms with Crippen molar-refractivity contribution in [2.24, 2.45) is 17.8 Å². The summed E-state index contributed by atoms with van der Waals surface area (Å²) < 4.78 is 0. The summed E-state index contributed by atoms with van der Waals surface area (Å²) in [6.07, 6.45) is 6.03. The molecular weight excluding hydrogens is 196 g/mol. The van der Waals surface area contributed by atoms with Crippen LogP contribution in [0.4, 0.5) is 0 Å². The molecule has 0 aromatic heterocycles. The van der Waals surface area contributed by atoms with Gasteiger partial charge in [-0.3, -0.25) is 0 Å². The summed E-state index contributed by atoms with van der Waals surface area (Å²) in [6.45, 7) is 6.93. The monoisotopic (exact) mass is 220 g/mol. The predicted octanol–water partition coefficient (Wildman–Crippen LogP) is 1.93. The molecule has 3 fully saturated rings. The van der Waals surface area contributed by atoms with E-state index in [9.17, 15) is 0 Å². The third kappa shape index (κ3) is 2.49. The fourth-order valence-electron chi connectivity index (χ4n) is 2.87. The second kappa shape index (κ2) is 4.50. The second-order valence-corrected chi connectivity index (χ2v) is 5.96. The van der Waals surface area contributed by atoms with E-state index >= 15 is 0 Å². The molecule has 2 saturated carbocycles. The van der Waals surface area contributed by atoms with Gasteiger partial charge in [0.2, 0.25) is 0 Å². The first-order valence-electron chi connectivity index (χ1n) is 6.93. The highest BCUT2D eigenvalue weighted by Crippen LogP contribution is 2.48. The SMILES string of the molecule is CC(CNCC(C1CC1)C1CC1)=C1CNC1. The van der Waals surface area contributed by atoms with E-state index in [0.29, 0.717) is 0 Å². The molecule has 2 N–H and O–H groups in total. The summed E-state index contributed by atoms with van der Waals surface area (Å²) in [7, 11) is 0. The van der Waals surface area contributed by atoms with Gasteiger partial charge in [-0.1, -0.05) is 5.57 Å². The number of hydrogen-bond acceptors (Lipinski definition) is 2. The quantitative estimate of drug-likeness (QED) is 0.668. The van der Waals surface area contributed by atoms with Crippen molar-refractivity contribution >= 4 is 0 Å². The molecule has 0 aromatic carbocycles. The van der Waals surface area contributed by atoms with E-state index in [1.807, 2.05) is 0 Å². The largest absolute Gasteiger partial charge is 0.313 e. The Morgan fingerprint density at radius 3 is 2.31 bits per heavy atom. The fourth-order valence-corrected chi connectivity index (χ4v) is 2.87. The molecule has 3 aliphatic rings. The smallest absolute Gasteiger partial charge is 0.0183 e. The Labute approximate surface area is 98.9 Å². The maximum atomic E-state index is 3.69. The zero-order valence-electron chi connectivity index (χ0n) is 10.4. The molecule has 1 saturated heterocycles. The van der Waals surface area contributed by atoms with Gasteiger partial charge in [-0.05, 0) is 62.5 Å². The molecule has 2 heteroatoms. The van der Waals surface area contributed by atoms with Crippen molar-refractivity contribution < 1.29 is 0 Å². The Bertz CT molecular complexity index is 269. The third-order valence-electron chi connectivity index (χ3n) is 4.51. The van der Waals surface area contributed by atoms with Crippen molar-refractivity contribution in [1.29, 1.82) is 0 Å². The highest BCUT2D eigenvalue weighted by atomic mass is 14.9. The first kappa shape index (κ1) is 10.8. The van der Waals surface area contributed by atoms with Crippen molar-refractivity contribution in [3.63, 3.8) is 0 Å². The van der Waals surface area contributed by atoms with Gasteiger partial charge in [0.25, 0.3) is 0 Å². The molecule has 0 atom stereocenters. The summed E-state index contributed by atoms with van der Waals surface area (Å²) in [5.74, 6) is 3.17. The van der Waals surface area contributed by atoms with Gasteiger partial charge < -0.3 is 10.6 Å². The van der Waals surface area contributed by atoms with Gasteiger partial charge in [-0.15, -0.1) is 0 Å². The van der Waals surface area contributed by atoms with Crippen molar-refractivity contribution in [2.45, 2.75) is 32.6 Å². The summed E-state index contributed by atoms with van der Waals surface area (Å²) in [5, 5.41) is 7.00. The van der Waals surface area contributed by atoms with E-state index in [1.54, 1.807) is 11.1 Å². The molecule has 2 nitrogen and oxygen atoms in total. The second-order valence-electron chi connectivity index (χ2n) is 5.96. The van der Waals surface area contributed by atoms with Crippen LogP contribution in [-0.2, 0) is 0 Å². The standard InChI is InChI=1S/C14H24N2/c1-10(13-7-16-8-13)6-15-9-14(11-2-3-11)12-4-5-12/h11-12,14-16H,2-9H2,1H3. The van der Waals surface area contributed by atoms with Crippen LogP contribution < -0.4 is 10.6 Å². The van der Waals surface area contributed by atoms with E-state index in [-0.39, 0.29) is 0 Å². The average Bonchev–Trinajstić information content (AvgIpc) is 3.00. The molecule has 0 amide bonds. The van der Waals surface area contributed by atoms with Crippen LogP contribution in [0.15, 0.2) is 11.1 Å². The van der Waals surface area contributed by atoms with E-state index in [1.165, 1.54) is 32.2 Å². The molecule has 1 heterocycles. The Morgan fingerprint density at radius 2 is 1.88 bits per heavy atom. The minimum absolute atomic E-state index is 1.01. The number of hydrogen-bond donors (Lipinski definition) is 2. The summed E-state index contributed by atoms with van der Waals surface area (Å²) in [5.41, 5.74) is 3.20. The normalized spacial score (nSPS) is 24.8. The minimum Gasteiger partial charge on any atom is -0.313 e. The number of rotatable bonds is 6. The van der Waals surface area contributed by atoms with Crippen LogP contribution in [-0.4, -0.2) is 26.2 Å². The van der Waals surface area contributed by atoms with Crippen LogP contribution in [0.25, 0.3) is 0 Å². The number of nitrogens with one attached hydrogen (secondary N) is 2. The Balaban J connectivity index is 1.41. The molecule has 16 heavy (non-hydrogen) atoms. The van der Waals surface area contributed by atoms with Gasteiger partial charge in [0.15, 0.2) is 0 Å². The molecule has 1 aliphatic heterocycles. The Kier molecular flexibility index (Phi) is 3.03. The molecular formula is C14H24N2. The van der Waals surface area contributed by atoms with Crippen molar-refractivity contribution in [3.8, 4) is 0 Å². The maximum absolute atomic E-state index is 3.69. The van der Waals surface area contributed by atoms with Crippen LogP contribution in [0, 0.1) is 17.8 Å². The topological polar surface area (TPSA) is 24.1 Å².